The van der Waals surface area contributed by atoms with Gasteiger partial charge >= 0.3 is 0 Å². The van der Waals surface area contributed by atoms with Crippen LogP contribution >= 0.6 is 11.6 Å². The second-order valence-electron chi connectivity index (χ2n) is 5.39. The first-order valence-electron chi connectivity index (χ1n) is 8.01. The molecule has 0 N–H and O–H groups in total. The number of nitrogens with zero attached hydrogens (tertiary/aromatic N) is 2. The molecule has 3 heteroatoms. The quantitative estimate of drug-likeness (QED) is 0.395. The summed E-state index contributed by atoms with van der Waals surface area (Å²) >= 11 is 6.01. The molecule has 0 bridgehead atoms. The number of rotatable bonds is 5. The summed E-state index contributed by atoms with van der Waals surface area (Å²) in [6.45, 7) is 2.11. The van der Waals surface area contributed by atoms with E-state index in [1.165, 1.54) is 0 Å². The Bertz CT molecular complexity index is 757. The Kier molecular flexibility index (Phi) is 5.29. The zero-order valence-electron chi connectivity index (χ0n) is 13.6. The summed E-state index contributed by atoms with van der Waals surface area (Å²) in [6, 6.07) is 28.2. The molecule has 0 unspecified atom stereocenters. The van der Waals surface area contributed by atoms with Gasteiger partial charge in [0.05, 0.1) is 17.1 Å². The van der Waals surface area contributed by atoms with E-state index in [9.17, 15) is 0 Å². The Balaban J connectivity index is 2.06. The van der Waals surface area contributed by atoms with Crippen LogP contribution in [0.4, 0.5) is 11.4 Å². The van der Waals surface area contributed by atoms with Crippen molar-refractivity contribution in [2.24, 2.45) is 5.10 Å². The van der Waals surface area contributed by atoms with Gasteiger partial charge in [-0.2, -0.15) is 5.10 Å². The van der Waals surface area contributed by atoms with Crippen molar-refractivity contribution in [1.82, 2.24) is 0 Å². The van der Waals surface area contributed by atoms with Crippen molar-refractivity contribution in [3.05, 3.63) is 95.5 Å². The second kappa shape index (κ2) is 7.80. The molecule has 0 spiro atoms. The van der Waals surface area contributed by atoms with Crippen molar-refractivity contribution < 1.29 is 0 Å². The molecule has 0 amide bonds. The van der Waals surface area contributed by atoms with E-state index in [0.29, 0.717) is 0 Å². The third kappa shape index (κ3) is 3.84. The Morgan fingerprint density at radius 1 is 0.792 bits per heavy atom. The third-order valence-corrected chi connectivity index (χ3v) is 3.99. The van der Waals surface area contributed by atoms with Gasteiger partial charge in [-0.3, -0.25) is 0 Å². The average Bonchev–Trinajstić information content (AvgIpc) is 2.65. The summed E-state index contributed by atoms with van der Waals surface area (Å²) in [5, 5.41) is 7.65. The fraction of sp³-hybridized carbons (Fsp3) is 0.0952. The molecule has 120 valence electrons. The van der Waals surface area contributed by atoms with E-state index in [1.54, 1.807) is 0 Å². The minimum atomic E-state index is 0.733. The molecular formula is C21H19ClN2. The van der Waals surface area contributed by atoms with Gasteiger partial charge in [0.15, 0.2) is 0 Å². The summed E-state index contributed by atoms with van der Waals surface area (Å²) < 4.78 is 0. The minimum Gasteiger partial charge on any atom is -0.233 e. The molecule has 0 aromatic heterocycles. The molecule has 3 rings (SSSR count). The van der Waals surface area contributed by atoms with Crippen LogP contribution in [0.5, 0.6) is 0 Å². The predicted molar refractivity (Wildman–Crippen MR) is 103 cm³/mol. The van der Waals surface area contributed by atoms with Crippen LogP contribution < -0.4 is 5.01 Å². The number of hydrogen-bond donors (Lipinski definition) is 0. The minimum absolute atomic E-state index is 0.733. The maximum atomic E-state index is 6.01. The first-order chi connectivity index (χ1) is 11.8. The highest BCUT2D eigenvalue weighted by atomic mass is 35.5. The first-order valence-corrected chi connectivity index (χ1v) is 8.39. The van der Waals surface area contributed by atoms with Crippen molar-refractivity contribution in [1.29, 1.82) is 0 Å². The lowest BCUT2D eigenvalue weighted by molar-refractivity contribution is 1.06. The van der Waals surface area contributed by atoms with Gasteiger partial charge in [-0.05, 0) is 48.4 Å². The van der Waals surface area contributed by atoms with E-state index in [-0.39, 0.29) is 0 Å². The predicted octanol–water partition coefficient (Wildman–Crippen LogP) is 6.29. The largest absolute Gasteiger partial charge is 0.233 e. The van der Waals surface area contributed by atoms with Gasteiger partial charge in [0.2, 0.25) is 0 Å². The van der Waals surface area contributed by atoms with Gasteiger partial charge in [0.25, 0.3) is 0 Å². The molecule has 0 atom stereocenters. The highest BCUT2D eigenvalue weighted by Crippen LogP contribution is 2.26. The van der Waals surface area contributed by atoms with Crippen molar-refractivity contribution in [3.63, 3.8) is 0 Å². The highest BCUT2D eigenvalue weighted by Gasteiger charge is 2.10. The van der Waals surface area contributed by atoms with E-state index in [0.717, 1.165) is 34.1 Å². The monoisotopic (exact) mass is 334 g/mol. The SMILES string of the molecule is CCC(=NN(c1ccccc1)c1ccccc1)c1ccc(Cl)cc1. The van der Waals surface area contributed by atoms with Crippen LogP contribution in [0.15, 0.2) is 90.0 Å². The van der Waals surface area contributed by atoms with Gasteiger partial charge in [-0.1, -0.05) is 67.1 Å². The lowest BCUT2D eigenvalue weighted by Gasteiger charge is -2.21. The number of benzene rings is 3. The molecule has 0 saturated carbocycles. The summed E-state index contributed by atoms with van der Waals surface area (Å²) in [5.74, 6) is 0. The standard InChI is InChI=1S/C21H19ClN2/c1-2-21(17-13-15-18(22)16-14-17)23-24(19-9-5-3-6-10-19)20-11-7-4-8-12-20/h3-16H,2H2,1H3. The number of para-hydroxylation sites is 2. The molecule has 0 aliphatic rings. The number of hydrazone groups is 1. The number of hydrogen-bond acceptors (Lipinski definition) is 2. The van der Waals surface area contributed by atoms with Gasteiger partial charge in [0, 0.05) is 5.02 Å². The van der Waals surface area contributed by atoms with Gasteiger partial charge in [0.1, 0.15) is 0 Å². The zero-order valence-corrected chi connectivity index (χ0v) is 14.3. The third-order valence-electron chi connectivity index (χ3n) is 3.73. The Hall–Kier alpha value is -2.58. The Morgan fingerprint density at radius 3 is 1.75 bits per heavy atom. The zero-order chi connectivity index (χ0) is 16.8. The van der Waals surface area contributed by atoms with Gasteiger partial charge in [-0.25, -0.2) is 5.01 Å². The van der Waals surface area contributed by atoms with E-state index >= 15 is 0 Å². The molecule has 0 aliphatic heterocycles. The molecule has 0 heterocycles. The van der Waals surface area contributed by atoms with Crippen LogP contribution in [0.2, 0.25) is 5.02 Å². The smallest absolute Gasteiger partial charge is 0.0683 e. The fourth-order valence-electron chi connectivity index (χ4n) is 2.50. The summed E-state index contributed by atoms with van der Waals surface area (Å²) in [4.78, 5) is 0. The van der Waals surface area contributed by atoms with Crippen molar-refractivity contribution in [2.45, 2.75) is 13.3 Å². The summed E-state index contributed by atoms with van der Waals surface area (Å²) in [5.41, 5.74) is 4.16. The van der Waals surface area contributed by atoms with Crippen LogP contribution in [0.25, 0.3) is 0 Å². The number of anilines is 2. The van der Waals surface area contributed by atoms with E-state index in [2.05, 4.69) is 31.2 Å². The van der Waals surface area contributed by atoms with Crippen molar-refractivity contribution >= 4 is 28.7 Å². The highest BCUT2D eigenvalue weighted by molar-refractivity contribution is 6.30. The van der Waals surface area contributed by atoms with Crippen molar-refractivity contribution in [2.75, 3.05) is 5.01 Å². The van der Waals surface area contributed by atoms with E-state index in [1.807, 2.05) is 65.7 Å². The second-order valence-corrected chi connectivity index (χ2v) is 5.83. The van der Waals surface area contributed by atoms with Gasteiger partial charge in [-0.15, -0.1) is 0 Å². The molecule has 0 aliphatic carbocycles. The van der Waals surface area contributed by atoms with E-state index < -0.39 is 0 Å². The molecule has 0 saturated heterocycles. The molecule has 0 fully saturated rings. The average molecular weight is 335 g/mol. The lowest BCUT2D eigenvalue weighted by Crippen LogP contribution is -2.13. The maximum Gasteiger partial charge on any atom is 0.0683 e. The molecule has 24 heavy (non-hydrogen) atoms. The normalized spacial score (nSPS) is 11.3. The van der Waals surface area contributed by atoms with E-state index in [4.69, 9.17) is 16.7 Å². The lowest BCUT2D eigenvalue weighted by atomic mass is 10.1. The van der Waals surface area contributed by atoms with Crippen LogP contribution in [0, 0.1) is 0 Å². The van der Waals surface area contributed by atoms with Crippen LogP contribution in [0.1, 0.15) is 18.9 Å². The Labute approximate surface area is 148 Å². The topological polar surface area (TPSA) is 15.6 Å². The van der Waals surface area contributed by atoms with Crippen molar-refractivity contribution in [3.8, 4) is 0 Å². The van der Waals surface area contributed by atoms with Crippen LogP contribution in [-0.4, -0.2) is 5.71 Å². The van der Waals surface area contributed by atoms with Crippen LogP contribution in [-0.2, 0) is 0 Å². The summed E-state index contributed by atoms with van der Waals surface area (Å²) in [7, 11) is 0. The first kappa shape index (κ1) is 16.3. The Morgan fingerprint density at radius 2 is 1.29 bits per heavy atom. The maximum absolute atomic E-state index is 6.01. The summed E-state index contributed by atoms with van der Waals surface area (Å²) in [6.07, 6.45) is 0.831. The fourth-order valence-corrected chi connectivity index (χ4v) is 2.62. The molecule has 0 radical (unpaired) electrons. The molecule has 3 aromatic carbocycles. The molecular weight excluding hydrogens is 316 g/mol. The molecule has 3 aromatic rings. The number of halogens is 1. The van der Waals surface area contributed by atoms with Gasteiger partial charge < -0.3 is 0 Å². The van der Waals surface area contributed by atoms with Crippen LogP contribution in [0.3, 0.4) is 0 Å². The molecule has 2 nitrogen and oxygen atoms in total.